The summed E-state index contributed by atoms with van der Waals surface area (Å²) in [4.78, 5) is 12.6. The van der Waals surface area contributed by atoms with E-state index in [2.05, 4.69) is 17.1 Å². The normalized spacial score (nSPS) is 43.1. The Morgan fingerprint density at radius 3 is 2.32 bits per heavy atom. The van der Waals surface area contributed by atoms with E-state index in [0.29, 0.717) is 12.1 Å². The summed E-state index contributed by atoms with van der Waals surface area (Å²) >= 11 is 0. The standard InChI is InChI=1S/C27H44N4/c1-18-17-31(27(29-18)15-24-13-20-6-8-22(24)11-20)9-3-2-4-25-16-28-26(30-25)14-23-12-19-5-7-21(23)10-19/h18-25H,2-17H2,1H3,(H,28,30)/t18-,19?,20?,21?,22?,23?,24?,25-/m0/s1. The van der Waals surface area contributed by atoms with Gasteiger partial charge in [-0.2, -0.15) is 0 Å². The largest absolute Gasteiger partial charge is 0.369 e. The van der Waals surface area contributed by atoms with Crippen LogP contribution in [-0.4, -0.2) is 48.3 Å². The Balaban J connectivity index is 0.898. The van der Waals surface area contributed by atoms with Crippen molar-refractivity contribution in [3.63, 3.8) is 0 Å². The SMILES string of the molecule is C[C@H]1CN(CCCC[C@H]2CN=C(CC3CC4CCC3C4)N2)C(CC2CC3CCC2C3)=N1. The molecule has 4 saturated carbocycles. The van der Waals surface area contributed by atoms with Gasteiger partial charge in [0.05, 0.1) is 24.3 Å². The minimum Gasteiger partial charge on any atom is -0.369 e. The van der Waals surface area contributed by atoms with Gasteiger partial charge >= 0.3 is 0 Å². The lowest BCUT2D eigenvalue weighted by Crippen LogP contribution is -2.33. The molecule has 0 saturated heterocycles. The molecule has 4 bridgehead atoms. The van der Waals surface area contributed by atoms with Crippen LogP contribution in [0.5, 0.6) is 0 Å². The molecule has 4 heteroatoms. The molecule has 0 aromatic carbocycles. The molecule has 0 amide bonds. The van der Waals surface area contributed by atoms with E-state index < -0.39 is 0 Å². The Bertz CT molecular complexity index is 714. The summed E-state index contributed by atoms with van der Waals surface area (Å²) in [5.41, 5.74) is 0. The third-order valence-electron chi connectivity index (χ3n) is 9.99. The van der Waals surface area contributed by atoms with E-state index in [4.69, 9.17) is 9.98 Å². The second-order valence-corrected chi connectivity index (χ2v) is 12.2. The average molecular weight is 425 g/mol. The summed E-state index contributed by atoms with van der Waals surface area (Å²) in [6.45, 7) is 5.70. The summed E-state index contributed by atoms with van der Waals surface area (Å²) in [5.74, 6) is 8.83. The Morgan fingerprint density at radius 1 is 0.903 bits per heavy atom. The maximum absolute atomic E-state index is 5.06. The quantitative estimate of drug-likeness (QED) is 0.511. The molecule has 0 aromatic heterocycles. The molecule has 2 heterocycles. The van der Waals surface area contributed by atoms with Crippen LogP contribution in [0.1, 0.15) is 90.4 Å². The monoisotopic (exact) mass is 424 g/mol. The van der Waals surface area contributed by atoms with Gasteiger partial charge in [-0.25, -0.2) is 0 Å². The lowest BCUT2D eigenvalue weighted by Gasteiger charge is -2.26. The molecule has 6 unspecified atom stereocenters. The Kier molecular flexibility index (Phi) is 5.77. The molecule has 31 heavy (non-hydrogen) atoms. The molecule has 0 spiro atoms. The fourth-order valence-electron chi connectivity index (χ4n) is 8.47. The first kappa shape index (κ1) is 20.5. The highest BCUT2D eigenvalue weighted by Crippen LogP contribution is 2.50. The van der Waals surface area contributed by atoms with Gasteiger partial charge in [0.25, 0.3) is 0 Å². The van der Waals surface area contributed by atoms with E-state index in [1.807, 2.05) is 0 Å². The van der Waals surface area contributed by atoms with Gasteiger partial charge < -0.3 is 10.2 Å². The summed E-state index contributed by atoms with van der Waals surface area (Å²) in [6, 6.07) is 1.11. The number of unbranched alkanes of at least 4 members (excludes halogenated alkanes) is 1. The molecule has 1 N–H and O–H groups in total. The minimum atomic E-state index is 0.506. The highest BCUT2D eigenvalue weighted by molar-refractivity contribution is 5.85. The van der Waals surface area contributed by atoms with Crippen LogP contribution in [0.3, 0.4) is 0 Å². The smallest absolute Gasteiger partial charge is 0.0996 e. The Morgan fingerprint density at radius 2 is 1.65 bits per heavy atom. The maximum Gasteiger partial charge on any atom is 0.0996 e. The van der Waals surface area contributed by atoms with Crippen LogP contribution in [-0.2, 0) is 0 Å². The third-order valence-corrected chi connectivity index (χ3v) is 9.99. The molecule has 4 fully saturated rings. The van der Waals surface area contributed by atoms with Crippen molar-refractivity contribution in [2.24, 2.45) is 45.5 Å². The van der Waals surface area contributed by atoms with Gasteiger partial charge in [0.15, 0.2) is 0 Å². The van der Waals surface area contributed by atoms with Crippen LogP contribution in [0.2, 0.25) is 0 Å². The second-order valence-electron chi connectivity index (χ2n) is 12.2. The molecule has 8 atom stereocenters. The highest BCUT2D eigenvalue weighted by atomic mass is 15.2. The number of rotatable bonds is 9. The van der Waals surface area contributed by atoms with Gasteiger partial charge in [0.1, 0.15) is 0 Å². The van der Waals surface area contributed by atoms with Crippen molar-refractivity contribution in [2.45, 2.75) is 102 Å². The molecule has 0 aromatic rings. The first-order valence-corrected chi connectivity index (χ1v) is 13.8. The van der Waals surface area contributed by atoms with E-state index in [9.17, 15) is 0 Å². The molecule has 0 radical (unpaired) electrons. The second kappa shape index (κ2) is 8.71. The first-order chi connectivity index (χ1) is 15.2. The summed E-state index contributed by atoms with van der Waals surface area (Å²) in [5, 5.41) is 3.80. The molecular formula is C27H44N4. The summed E-state index contributed by atoms with van der Waals surface area (Å²) in [6.07, 6.45) is 18.5. The van der Waals surface area contributed by atoms with Gasteiger partial charge in [-0.15, -0.1) is 0 Å². The summed E-state index contributed by atoms with van der Waals surface area (Å²) in [7, 11) is 0. The van der Waals surface area contributed by atoms with Gasteiger partial charge in [0, 0.05) is 32.0 Å². The Hall–Kier alpha value is -1.06. The number of aliphatic imine (C=N–C) groups is 2. The zero-order valence-corrected chi connectivity index (χ0v) is 19.8. The molecule has 2 aliphatic heterocycles. The van der Waals surface area contributed by atoms with Crippen LogP contribution in [0.25, 0.3) is 0 Å². The molecule has 4 nitrogen and oxygen atoms in total. The number of nitrogens with zero attached hydrogens (tertiary/aromatic N) is 3. The van der Waals surface area contributed by atoms with E-state index in [0.717, 1.165) is 48.6 Å². The van der Waals surface area contributed by atoms with Crippen molar-refractivity contribution in [3.05, 3.63) is 0 Å². The van der Waals surface area contributed by atoms with Crippen molar-refractivity contribution in [1.29, 1.82) is 0 Å². The molecule has 4 aliphatic carbocycles. The fraction of sp³-hybridized carbons (Fsp3) is 0.926. The highest BCUT2D eigenvalue weighted by Gasteiger charge is 2.41. The van der Waals surface area contributed by atoms with E-state index >= 15 is 0 Å². The van der Waals surface area contributed by atoms with Gasteiger partial charge in [0.2, 0.25) is 0 Å². The van der Waals surface area contributed by atoms with Gasteiger partial charge in [-0.3, -0.25) is 9.98 Å². The van der Waals surface area contributed by atoms with E-state index in [1.54, 1.807) is 0 Å². The van der Waals surface area contributed by atoms with Crippen LogP contribution >= 0.6 is 0 Å². The average Bonchev–Trinajstić information content (AvgIpc) is 3.57. The van der Waals surface area contributed by atoms with Crippen molar-refractivity contribution >= 4 is 11.7 Å². The molecule has 6 rings (SSSR count). The van der Waals surface area contributed by atoms with Crippen LogP contribution in [0.4, 0.5) is 0 Å². The van der Waals surface area contributed by atoms with Crippen LogP contribution in [0.15, 0.2) is 9.98 Å². The zero-order chi connectivity index (χ0) is 20.8. The number of hydrogen-bond donors (Lipinski definition) is 1. The lowest BCUT2D eigenvalue weighted by molar-refractivity contribution is 0.327. The lowest BCUT2D eigenvalue weighted by atomic mass is 9.86. The van der Waals surface area contributed by atoms with Crippen LogP contribution in [0, 0.1) is 35.5 Å². The molecule has 6 aliphatic rings. The fourth-order valence-corrected chi connectivity index (χ4v) is 8.47. The minimum absolute atomic E-state index is 0.506. The number of hydrogen-bond acceptors (Lipinski definition) is 4. The predicted octanol–water partition coefficient (Wildman–Crippen LogP) is 5.28. The third kappa shape index (κ3) is 4.42. The van der Waals surface area contributed by atoms with Crippen molar-refractivity contribution in [1.82, 2.24) is 10.2 Å². The first-order valence-electron chi connectivity index (χ1n) is 13.8. The predicted molar refractivity (Wildman–Crippen MR) is 129 cm³/mol. The summed E-state index contributed by atoms with van der Waals surface area (Å²) < 4.78 is 0. The van der Waals surface area contributed by atoms with E-state index in [-0.39, 0.29) is 0 Å². The molecular weight excluding hydrogens is 380 g/mol. The number of nitrogens with one attached hydrogen (secondary N) is 1. The molecule has 172 valence electrons. The van der Waals surface area contributed by atoms with E-state index in [1.165, 1.54) is 102 Å². The van der Waals surface area contributed by atoms with Crippen molar-refractivity contribution < 1.29 is 0 Å². The van der Waals surface area contributed by atoms with Crippen molar-refractivity contribution in [2.75, 3.05) is 19.6 Å². The zero-order valence-electron chi connectivity index (χ0n) is 19.8. The van der Waals surface area contributed by atoms with Gasteiger partial charge in [-0.05, 0) is 100 Å². The topological polar surface area (TPSA) is 40.0 Å². The number of amidine groups is 2. The maximum atomic E-state index is 5.06. The Labute approximate surface area is 189 Å². The van der Waals surface area contributed by atoms with Crippen LogP contribution < -0.4 is 5.32 Å². The number of fused-ring (bicyclic) bond motifs is 4. The van der Waals surface area contributed by atoms with Crippen molar-refractivity contribution in [3.8, 4) is 0 Å². The van der Waals surface area contributed by atoms with Gasteiger partial charge in [-0.1, -0.05) is 12.8 Å².